The molecule has 392 valence electrons. The molecule has 0 aromatic heterocycles. The first-order valence-electron chi connectivity index (χ1n) is 26.9. The Morgan fingerprint density at radius 1 is 0.682 bits per heavy atom. The summed E-state index contributed by atoms with van der Waals surface area (Å²) in [5, 5.41) is 46.1. The number of phosphoric ester groups is 1. The van der Waals surface area contributed by atoms with Crippen molar-refractivity contribution in [3.05, 3.63) is 12.2 Å². The molecule has 1 rings (SSSR count). The van der Waals surface area contributed by atoms with E-state index in [1.165, 1.54) is 148 Å². The molecule has 6 N–H and O–H groups in total. The molecule has 0 saturated carbocycles. The van der Waals surface area contributed by atoms with Gasteiger partial charge in [0.25, 0.3) is 0 Å². The highest BCUT2D eigenvalue weighted by Gasteiger charge is 2.45. The number of hydrogen-bond acceptors (Lipinski definition) is 10. The van der Waals surface area contributed by atoms with E-state index in [0.29, 0.717) is 17.4 Å². The van der Waals surface area contributed by atoms with Gasteiger partial charge in [0.1, 0.15) is 37.6 Å². The van der Waals surface area contributed by atoms with E-state index in [9.17, 15) is 34.7 Å². The van der Waals surface area contributed by atoms with Gasteiger partial charge in [-0.15, -0.1) is 0 Å². The number of aliphatic hydroxyl groups excluding tert-OH is 4. The first-order valence-corrected chi connectivity index (χ1v) is 28.4. The molecule has 0 aliphatic carbocycles. The molecule has 1 aliphatic rings. The molecule has 0 aromatic carbocycles. The van der Waals surface area contributed by atoms with Crippen LogP contribution in [0.25, 0.3) is 0 Å². The number of quaternary nitrogens is 1. The molecule has 0 bridgehead atoms. The zero-order valence-corrected chi connectivity index (χ0v) is 44.0. The van der Waals surface area contributed by atoms with Crippen molar-refractivity contribution in [2.45, 2.75) is 263 Å². The van der Waals surface area contributed by atoms with Crippen molar-refractivity contribution in [3.63, 3.8) is 0 Å². The predicted octanol–water partition coefficient (Wildman–Crippen LogP) is 10.8. The van der Waals surface area contributed by atoms with Crippen LogP contribution in [0.2, 0.25) is 0 Å². The highest BCUT2D eigenvalue weighted by molar-refractivity contribution is 7.47. The molecular formula is C52H104N2O11P+. The standard InChI is InChI=1S/C52H103N2O11P/c1-7-8-9-10-11-12-13-14-15-16-17-18-19-20-21-22-27-30-33-36-39-48(56)53-45(46(55)38-35-32-29-26-24-23-25-28-31-34-37-44(2)3)42-62-52-51(59)50(58)49(57)47(65-52)43-64-66(60,61)63-41-40-54(4,5)6/h35,38,44-47,49-52,55,57-59H,7-34,36-37,39-43H2,1-6H3,(H-,53,56,60,61)/p+1/b38-35+/t45-,46+,47+,49-,50-,51+,52+/m0/s1. The Bertz CT molecular complexity index is 1220. The number of unbranched alkanes of at least 4 members (excludes halogenated alkanes) is 27. The second-order valence-corrected chi connectivity index (χ2v) is 22.3. The maximum absolute atomic E-state index is 13.2. The second kappa shape index (κ2) is 39.7. The summed E-state index contributed by atoms with van der Waals surface area (Å²) in [6.07, 6.45) is 32.3. The number of aliphatic hydroxyl groups is 4. The number of amides is 1. The minimum atomic E-state index is -4.52. The number of rotatable bonds is 45. The summed E-state index contributed by atoms with van der Waals surface area (Å²) < 4.78 is 34.7. The number of hydrogen-bond donors (Lipinski definition) is 6. The number of likely N-dealkylation sites (N-methyl/N-ethyl adjacent to an activating group) is 1. The Morgan fingerprint density at radius 2 is 1.15 bits per heavy atom. The van der Waals surface area contributed by atoms with Gasteiger partial charge in [-0.2, -0.15) is 0 Å². The molecule has 14 heteroatoms. The lowest BCUT2D eigenvalue weighted by Crippen LogP contribution is -2.60. The van der Waals surface area contributed by atoms with Crippen LogP contribution >= 0.6 is 7.82 Å². The molecule has 1 heterocycles. The Labute approximate surface area is 403 Å². The average molecular weight is 964 g/mol. The molecule has 0 radical (unpaired) electrons. The minimum absolute atomic E-state index is 0.0549. The molecule has 1 fully saturated rings. The maximum Gasteiger partial charge on any atom is 0.472 e. The summed E-state index contributed by atoms with van der Waals surface area (Å²) >= 11 is 0. The van der Waals surface area contributed by atoms with Crippen molar-refractivity contribution in [1.82, 2.24) is 5.32 Å². The summed E-state index contributed by atoms with van der Waals surface area (Å²) in [5.74, 6) is 0.550. The van der Waals surface area contributed by atoms with E-state index in [1.54, 1.807) is 6.08 Å². The molecule has 1 unspecified atom stereocenters. The highest BCUT2D eigenvalue weighted by atomic mass is 31.2. The minimum Gasteiger partial charge on any atom is -0.387 e. The van der Waals surface area contributed by atoms with Crippen molar-refractivity contribution in [1.29, 1.82) is 0 Å². The van der Waals surface area contributed by atoms with Crippen LogP contribution in [0, 0.1) is 5.92 Å². The predicted molar refractivity (Wildman–Crippen MR) is 268 cm³/mol. The lowest BCUT2D eigenvalue weighted by Gasteiger charge is -2.40. The molecule has 0 spiro atoms. The third-order valence-corrected chi connectivity index (χ3v) is 13.8. The largest absolute Gasteiger partial charge is 0.472 e. The molecule has 0 aromatic rings. The zero-order valence-electron chi connectivity index (χ0n) is 43.1. The van der Waals surface area contributed by atoms with E-state index >= 15 is 0 Å². The van der Waals surface area contributed by atoms with E-state index in [-0.39, 0.29) is 19.1 Å². The third-order valence-electron chi connectivity index (χ3n) is 12.8. The van der Waals surface area contributed by atoms with Gasteiger partial charge in [-0.3, -0.25) is 13.8 Å². The van der Waals surface area contributed by atoms with Gasteiger partial charge in [0.15, 0.2) is 6.29 Å². The lowest BCUT2D eigenvalue weighted by molar-refractivity contribution is -0.870. The summed E-state index contributed by atoms with van der Waals surface area (Å²) in [7, 11) is 1.19. The molecule has 13 nitrogen and oxygen atoms in total. The molecule has 1 aliphatic heterocycles. The van der Waals surface area contributed by atoms with Crippen molar-refractivity contribution >= 4 is 13.7 Å². The zero-order chi connectivity index (χ0) is 48.9. The number of nitrogens with one attached hydrogen (secondary N) is 1. The normalized spacial score (nSPS) is 21.1. The van der Waals surface area contributed by atoms with Gasteiger partial charge in [0.05, 0.1) is 46.5 Å². The van der Waals surface area contributed by atoms with Crippen LogP contribution in [0.1, 0.15) is 220 Å². The van der Waals surface area contributed by atoms with Crippen LogP contribution in [0.15, 0.2) is 12.2 Å². The second-order valence-electron chi connectivity index (χ2n) is 20.8. The molecule has 1 saturated heterocycles. The SMILES string of the molecule is CCCCCCCCCCCCCCCCCCCCCCC(=O)N[C@@H](CO[C@@H]1O[C@H](COP(=O)(O)OCC[N+](C)(C)C)[C@H](O)[C@H](O)[C@H]1O)[C@H](O)/C=C/CCCCCCCCCCC(C)C. The van der Waals surface area contributed by atoms with E-state index in [1.807, 2.05) is 27.2 Å². The van der Waals surface area contributed by atoms with Crippen molar-refractivity contribution in [2.24, 2.45) is 5.92 Å². The summed E-state index contributed by atoms with van der Waals surface area (Å²) in [6.45, 7) is 6.30. The van der Waals surface area contributed by atoms with Crippen LogP contribution in [-0.2, 0) is 27.9 Å². The van der Waals surface area contributed by atoms with Gasteiger partial charge >= 0.3 is 7.82 Å². The fraction of sp³-hybridized carbons (Fsp3) is 0.942. The quantitative estimate of drug-likeness (QED) is 0.0148. The summed E-state index contributed by atoms with van der Waals surface area (Å²) in [5.41, 5.74) is 0. The van der Waals surface area contributed by atoms with E-state index in [2.05, 4.69) is 26.1 Å². The van der Waals surface area contributed by atoms with Gasteiger partial charge in [-0.25, -0.2) is 4.57 Å². The maximum atomic E-state index is 13.2. The van der Waals surface area contributed by atoms with Gasteiger partial charge in [0, 0.05) is 6.42 Å². The van der Waals surface area contributed by atoms with Crippen molar-refractivity contribution < 1.29 is 57.7 Å². The molecular weight excluding hydrogens is 860 g/mol. The van der Waals surface area contributed by atoms with Crippen LogP contribution in [0.5, 0.6) is 0 Å². The Hall–Kier alpha value is -0.960. The number of allylic oxidation sites excluding steroid dienone is 1. The van der Waals surface area contributed by atoms with E-state index < -0.39 is 57.3 Å². The van der Waals surface area contributed by atoms with Gasteiger partial charge in [-0.05, 0) is 25.2 Å². The molecule has 8 atom stereocenters. The third kappa shape index (κ3) is 35.2. The fourth-order valence-corrected chi connectivity index (χ4v) is 9.04. The fourth-order valence-electron chi connectivity index (χ4n) is 8.32. The number of nitrogens with zero attached hydrogens (tertiary/aromatic N) is 1. The number of carbonyl (C=O) groups is 1. The Morgan fingerprint density at radius 3 is 1.64 bits per heavy atom. The van der Waals surface area contributed by atoms with Crippen LogP contribution < -0.4 is 5.32 Å². The van der Waals surface area contributed by atoms with Crippen LogP contribution in [-0.4, -0.2) is 126 Å². The summed E-state index contributed by atoms with van der Waals surface area (Å²) in [4.78, 5) is 23.4. The van der Waals surface area contributed by atoms with E-state index in [4.69, 9.17) is 18.5 Å². The van der Waals surface area contributed by atoms with Crippen LogP contribution in [0.4, 0.5) is 0 Å². The Balaban J connectivity index is 2.55. The van der Waals surface area contributed by atoms with Gasteiger partial charge in [0.2, 0.25) is 5.91 Å². The smallest absolute Gasteiger partial charge is 0.387 e. The Kier molecular flexibility index (Phi) is 38.0. The first kappa shape index (κ1) is 63.1. The van der Waals surface area contributed by atoms with Crippen molar-refractivity contribution in [2.75, 3.05) is 47.5 Å². The number of ether oxygens (including phenoxy) is 2. The summed E-state index contributed by atoms with van der Waals surface area (Å²) in [6, 6.07) is -0.892. The number of carbonyl (C=O) groups excluding carboxylic acids is 1. The molecule has 66 heavy (non-hydrogen) atoms. The lowest BCUT2D eigenvalue weighted by atomic mass is 9.99. The monoisotopic (exact) mass is 964 g/mol. The van der Waals surface area contributed by atoms with Crippen LogP contribution in [0.3, 0.4) is 0 Å². The number of phosphoric acid groups is 1. The topological polar surface area (TPSA) is 184 Å². The van der Waals surface area contributed by atoms with E-state index in [0.717, 1.165) is 50.9 Å². The van der Waals surface area contributed by atoms with Gasteiger partial charge in [-0.1, -0.05) is 206 Å². The van der Waals surface area contributed by atoms with Crippen molar-refractivity contribution in [3.8, 4) is 0 Å². The highest BCUT2D eigenvalue weighted by Crippen LogP contribution is 2.43. The first-order chi connectivity index (χ1) is 31.6. The molecule has 1 amide bonds. The van der Waals surface area contributed by atoms with Gasteiger partial charge < -0.3 is 44.6 Å². The average Bonchev–Trinajstić information content (AvgIpc) is 3.26.